The van der Waals surface area contributed by atoms with Crippen LogP contribution in [0.4, 0.5) is 0 Å². The molecule has 0 radical (unpaired) electrons. The molecule has 1 N–H and O–H groups in total. The average Bonchev–Trinajstić information content (AvgIpc) is 2.80. The summed E-state index contributed by atoms with van der Waals surface area (Å²) in [5.74, 6) is 0.251. The standard InChI is InChI=1S/C29H37ClO4/c1-5-7-15-33-26-14-9-20(17-28(31)32)16-25(26)29-23(19(3)4)18-24(27(34-29)8-6-2)21-10-12-22(30)13-11-21/h9-14,16,23-24,27,29H,3,5-8,15,17-18H2,1-2,4H3,(H,31,32)/t23-,24-,27+,29+/m1/s1. The summed E-state index contributed by atoms with van der Waals surface area (Å²) in [6, 6.07) is 13.8. The van der Waals surface area contributed by atoms with Crippen molar-refractivity contribution >= 4 is 17.6 Å². The van der Waals surface area contributed by atoms with Gasteiger partial charge in [-0.05, 0) is 61.6 Å². The van der Waals surface area contributed by atoms with E-state index in [2.05, 4.69) is 39.5 Å². The number of aliphatic carboxylic acids is 1. The Kier molecular flexibility index (Phi) is 9.61. The second-order valence-electron chi connectivity index (χ2n) is 9.38. The van der Waals surface area contributed by atoms with E-state index in [-0.39, 0.29) is 30.5 Å². The normalized spacial score (nSPS) is 22.4. The molecular weight excluding hydrogens is 448 g/mol. The van der Waals surface area contributed by atoms with Crippen LogP contribution in [0.5, 0.6) is 5.75 Å². The molecular formula is C29H37ClO4. The lowest BCUT2D eigenvalue weighted by Gasteiger charge is -2.43. The molecule has 1 saturated heterocycles. The van der Waals surface area contributed by atoms with Crippen molar-refractivity contribution in [3.05, 3.63) is 76.3 Å². The van der Waals surface area contributed by atoms with Crippen LogP contribution in [-0.2, 0) is 16.0 Å². The Morgan fingerprint density at radius 2 is 1.91 bits per heavy atom. The number of halogens is 1. The summed E-state index contributed by atoms with van der Waals surface area (Å²) >= 11 is 6.15. The number of rotatable bonds is 11. The summed E-state index contributed by atoms with van der Waals surface area (Å²) in [7, 11) is 0. The van der Waals surface area contributed by atoms with Crippen molar-refractivity contribution in [2.24, 2.45) is 5.92 Å². The Labute approximate surface area is 208 Å². The van der Waals surface area contributed by atoms with Crippen LogP contribution < -0.4 is 4.74 Å². The highest BCUT2D eigenvalue weighted by Gasteiger charge is 2.40. The van der Waals surface area contributed by atoms with Crippen LogP contribution in [-0.4, -0.2) is 23.8 Å². The topological polar surface area (TPSA) is 55.8 Å². The first-order chi connectivity index (χ1) is 16.3. The van der Waals surface area contributed by atoms with Gasteiger partial charge in [0.1, 0.15) is 5.75 Å². The van der Waals surface area contributed by atoms with E-state index in [9.17, 15) is 9.90 Å². The third kappa shape index (κ3) is 6.64. The molecule has 0 saturated carbocycles. The molecule has 4 atom stereocenters. The third-order valence-electron chi connectivity index (χ3n) is 6.64. The summed E-state index contributed by atoms with van der Waals surface area (Å²) in [6.07, 6.45) is 4.64. The van der Waals surface area contributed by atoms with E-state index in [0.717, 1.165) is 59.6 Å². The Morgan fingerprint density at radius 1 is 1.18 bits per heavy atom. The molecule has 184 valence electrons. The molecule has 1 heterocycles. The van der Waals surface area contributed by atoms with Gasteiger partial charge in [0.2, 0.25) is 0 Å². The van der Waals surface area contributed by atoms with Crippen LogP contribution in [0.15, 0.2) is 54.6 Å². The number of carboxylic acids is 1. The molecule has 0 aromatic heterocycles. The first-order valence-electron chi connectivity index (χ1n) is 12.4. The molecule has 4 nitrogen and oxygen atoms in total. The summed E-state index contributed by atoms with van der Waals surface area (Å²) < 4.78 is 13.0. The number of carbonyl (C=O) groups is 1. The van der Waals surface area contributed by atoms with E-state index in [4.69, 9.17) is 21.1 Å². The third-order valence-corrected chi connectivity index (χ3v) is 6.89. The molecule has 0 amide bonds. The second kappa shape index (κ2) is 12.4. The van der Waals surface area contributed by atoms with E-state index in [1.165, 1.54) is 5.56 Å². The van der Waals surface area contributed by atoms with Gasteiger partial charge in [0, 0.05) is 22.4 Å². The summed E-state index contributed by atoms with van der Waals surface area (Å²) in [4.78, 5) is 11.4. The number of hydrogen-bond donors (Lipinski definition) is 1. The van der Waals surface area contributed by atoms with Gasteiger partial charge in [-0.1, -0.05) is 68.6 Å². The zero-order valence-electron chi connectivity index (χ0n) is 20.6. The average molecular weight is 485 g/mol. The molecule has 0 spiro atoms. The van der Waals surface area contributed by atoms with Crippen LogP contribution in [0.25, 0.3) is 0 Å². The fraction of sp³-hybridized carbons (Fsp3) is 0.483. The lowest BCUT2D eigenvalue weighted by Crippen LogP contribution is -2.36. The smallest absolute Gasteiger partial charge is 0.307 e. The second-order valence-corrected chi connectivity index (χ2v) is 9.81. The van der Waals surface area contributed by atoms with Crippen molar-refractivity contribution in [3.63, 3.8) is 0 Å². The van der Waals surface area contributed by atoms with Crippen molar-refractivity contribution in [1.82, 2.24) is 0 Å². The number of benzene rings is 2. The van der Waals surface area contributed by atoms with Crippen molar-refractivity contribution < 1.29 is 19.4 Å². The zero-order valence-corrected chi connectivity index (χ0v) is 21.3. The zero-order chi connectivity index (χ0) is 24.7. The Balaban J connectivity index is 2.01. The van der Waals surface area contributed by atoms with Gasteiger partial charge in [-0.25, -0.2) is 0 Å². The monoisotopic (exact) mass is 484 g/mol. The van der Waals surface area contributed by atoms with E-state index >= 15 is 0 Å². The fourth-order valence-corrected chi connectivity index (χ4v) is 4.98. The first kappa shape index (κ1) is 26.3. The van der Waals surface area contributed by atoms with Crippen LogP contribution in [0.3, 0.4) is 0 Å². The number of ether oxygens (including phenoxy) is 2. The predicted octanol–water partition coefficient (Wildman–Crippen LogP) is 7.75. The van der Waals surface area contributed by atoms with Crippen molar-refractivity contribution in [3.8, 4) is 5.75 Å². The minimum Gasteiger partial charge on any atom is -0.493 e. The maximum Gasteiger partial charge on any atom is 0.307 e. The summed E-state index contributed by atoms with van der Waals surface area (Å²) in [5, 5.41) is 10.1. The van der Waals surface area contributed by atoms with E-state index < -0.39 is 5.97 Å². The van der Waals surface area contributed by atoms with Gasteiger partial charge in [-0.2, -0.15) is 0 Å². The van der Waals surface area contributed by atoms with Crippen LogP contribution >= 0.6 is 11.6 Å². The van der Waals surface area contributed by atoms with Gasteiger partial charge in [0.15, 0.2) is 0 Å². The predicted molar refractivity (Wildman–Crippen MR) is 138 cm³/mol. The van der Waals surface area contributed by atoms with E-state index in [1.54, 1.807) is 0 Å². The van der Waals surface area contributed by atoms with Gasteiger partial charge in [0.25, 0.3) is 0 Å². The molecule has 1 aliphatic rings. The molecule has 0 aliphatic carbocycles. The van der Waals surface area contributed by atoms with Crippen LogP contribution in [0, 0.1) is 5.92 Å². The van der Waals surface area contributed by atoms with Gasteiger partial charge in [0.05, 0.1) is 25.2 Å². The van der Waals surface area contributed by atoms with Crippen molar-refractivity contribution in [2.75, 3.05) is 6.61 Å². The summed E-state index contributed by atoms with van der Waals surface area (Å²) in [5.41, 5.74) is 3.97. The molecule has 5 heteroatoms. The Morgan fingerprint density at radius 3 is 2.53 bits per heavy atom. The Bertz CT molecular complexity index is 969. The number of hydrogen-bond acceptors (Lipinski definition) is 3. The fourth-order valence-electron chi connectivity index (χ4n) is 4.85. The molecule has 0 bridgehead atoms. The molecule has 2 aromatic rings. The molecule has 1 aliphatic heterocycles. The highest BCUT2D eigenvalue weighted by Crippen LogP contribution is 2.49. The maximum atomic E-state index is 11.4. The molecule has 34 heavy (non-hydrogen) atoms. The minimum atomic E-state index is -0.849. The number of carboxylic acid groups (broad SMARTS) is 1. The highest BCUT2D eigenvalue weighted by molar-refractivity contribution is 6.30. The quantitative estimate of drug-likeness (QED) is 0.261. The van der Waals surface area contributed by atoms with E-state index in [1.807, 2.05) is 30.3 Å². The van der Waals surface area contributed by atoms with Gasteiger partial charge >= 0.3 is 5.97 Å². The molecule has 1 fully saturated rings. The van der Waals surface area contributed by atoms with Crippen molar-refractivity contribution in [1.29, 1.82) is 0 Å². The molecule has 0 unspecified atom stereocenters. The number of unbranched alkanes of at least 4 members (excludes halogenated alkanes) is 1. The lowest BCUT2D eigenvalue weighted by atomic mass is 9.74. The molecule has 3 rings (SSSR count). The summed E-state index contributed by atoms with van der Waals surface area (Å²) in [6.45, 7) is 11.3. The van der Waals surface area contributed by atoms with Gasteiger partial charge < -0.3 is 14.6 Å². The van der Waals surface area contributed by atoms with Crippen LogP contribution in [0.2, 0.25) is 5.02 Å². The van der Waals surface area contributed by atoms with Gasteiger partial charge in [-0.3, -0.25) is 4.79 Å². The largest absolute Gasteiger partial charge is 0.493 e. The maximum absolute atomic E-state index is 11.4. The van der Waals surface area contributed by atoms with E-state index in [0.29, 0.717) is 6.61 Å². The SMILES string of the molecule is C=C(C)[C@H]1C[C@H](c2ccc(Cl)cc2)[C@H](CCC)O[C@@H]1c1cc(CC(=O)O)ccc1OCCCC. The van der Waals surface area contributed by atoms with Crippen molar-refractivity contribution in [2.45, 2.75) is 77.4 Å². The highest BCUT2D eigenvalue weighted by atomic mass is 35.5. The Hall–Kier alpha value is -2.30. The molecule has 2 aromatic carbocycles. The first-order valence-corrected chi connectivity index (χ1v) is 12.8. The minimum absolute atomic E-state index is 0.0293. The van der Waals surface area contributed by atoms with Crippen LogP contribution in [0.1, 0.15) is 81.6 Å². The van der Waals surface area contributed by atoms with Gasteiger partial charge in [-0.15, -0.1) is 0 Å². The lowest BCUT2D eigenvalue weighted by molar-refractivity contribution is -0.136.